The lowest BCUT2D eigenvalue weighted by Crippen LogP contribution is -2.11. The van der Waals surface area contributed by atoms with Gasteiger partial charge in [-0.2, -0.15) is 0 Å². The molecule has 0 fully saturated rings. The molecule has 0 aromatic heterocycles. The molecule has 204 valence electrons. The Labute approximate surface area is 232 Å². The first-order chi connectivity index (χ1) is 19.1. The Morgan fingerprint density at radius 3 is 2.23 bits per heavy atom. The Morgan fingerprint density at radius 2 is 1.55 bits per heavy atom. The molecular formula is C33H29FO6. The number of halogens is 1. The van der Waals surface area contributed by atoms with E-state index in [9.17, 15) is 14.4 Å². The molecule has 1 unspecified atom stereocenters. The summed E-state index contributed by atoms with van der Waals surface area (Å²) in [4.78, 5) is 35.8. The third-order valence-corrected chi connectivity index (χ3v) is 6.60. The molecule has 1 aliphatic carbocycles. The van der Waals surface area contributed by atoms with E-state index in [2.05, 4.69) is 19.7 Å². The van der Waals surface area contributed by atoms with Crippen LogP contribution in [0.5, 0.6) is 11.5 Å². The fourth-order valence-corrected chi connectivity index (χ4v) is 4.45. The number of hydrogen-bond donors (Lipinski definition) is 0. The van der Waals surface area contributed by atoms with Crippen LogP contribution in [0.15, 0.2) is 91.6 Å². The summed E-state index contributed by atoms with van der Waals surface area (Å²) in [6.45, 7) is 13.8. The number of fused-ring (bicyclic) bond motifs is 1. The van der Waals surface area contributed by atoms with Gasteiger partial charge in [0.25, 0.3) is 0 Å². The number of aryl methyl sites for hydroxylation is 1. The second kappa shape index (κ2) is 11.9. The molecule has 3 aromatic carbocycles. The van der Waals surface area contributed by atoms with Crippen molar-refractivity contribution in [3.05, 3.63) is 109 Å². The molecule has 0 saturated heterocycles. The van der Waals surface area contributed by atoms with Crippen LogP contribution in [0.2, 0.25) is 0 Å². The lowest BCUT2D eigenvalue weighted by atomic mass is 9.95. The smallest absolute Gasteiger partial charge is 0.338 e. The van der Waals surface area contributed by atoms with Gasteiger partial charge in [0.1, 0.15) is 17.3 Å². The van der Waals surface area contributed by atoms with Crippen molar-refractivity contribution in [2.24, 2.45) is 0 Å². The molecule has 7 heteroatoms. The van der Waals surface area contributed by atoms with Gasteiger partial charge in [0.15, 0.2) is 0 Å². The van der Waals surface area contributed by atoms with Crippen LogP contribution in [-0.2, 0) is 25.5 Å². The molecule has 0 heterocycles. The summed E-state index contributed by atoms with van der Waals surface area (Å²) in [5.41, 5.74) is 4.58. The van der Waals surface area contributed by atoms with Gasteiger partial charge in [-0.1, -0.05) is 50.1 Å². The predicted molar refractivity (Wildman–Crippen MR) is 150 cm³/mol. The number of benzene rings is 3. The first-order valence-corrected chi connectivity index (χ1v) is 12.7. The second-order valence-corrected chi connectivity index (χ2v) is 9.68. The van der Waals surface area contributed by atoms with Gasteiger partial charge in [0, 0.05) is 40.3 Å². The van der Waals surface area contributed by atoms with E-state index in [1.54, 1.807) is 12.1 Å². The Kier molecular flexibility index (Phi) is 8.43. The van der Waals surface area contributed by atoms with E-state index >= 15 is 4.39 Å². The molecule has 40 heavy (non-hydrogen) atoms. The minimum atomic E-state index is -0.701. The van der Waals surface area contributed by atoms with Crippen molar-refractivity contribution in [3.63, 3.8) is 0 Å². The van der Waals surface area contributed by atoms with Gasteiger partial charge in [-0.15, -0.1) is 0 Å². The molecule has 1 atom stereocenters. The Morgan fingerprint density at radius 1 is 0.900 bits per heavy atom. The molecule has 0 radical (unpaired) electrons. The standard InChI is InChI=1S/C33H29FO6/c1-6-31(35)38-18-24-10-8-21-7-9-22(15-28(21)24)23-11-13-26(29(34)16-23)27-14-12-25(39-32(36)19(2)3)17-30(27)40-33(37)20(4)5/h6-7,9,11-17,24H,1-2,4,8,10,18H2,3,5H3. The van der Waals surface area contributed by atoms with Crippen LogP contribution in [0, 0.1) is 5.82 Å². The number of carbonyl (C=O) groups excluding carboxylic acids is 3. The Bertz CT molecular complexity index is 1550. The van der Waals surface area contributed by atoms with Gasteiger partial charge >= 0.3 is 17.9 Å². The zero-order valence-corrected chi connectivity index (χ0v) is 22.4. The summed E-state index contributed by atoms with van der Waals surface area (Å²) in [6.07, 6.45) is 2.88. The molecule has 6 nitrogen and oxygen atoms in total. The lowest BCUT2D eigenvalue weighted by Gasteiger charge is -2.15. The van der Waals surface area contributed by atoms with Crippen LogP contribution in [0.3, 0.4) is 0 Å². The maximum Gasteiger partial charge on any atom is 0.338 e. The van der Waals surface area contributed by atoms with Crippen LogP contribution >= 0.6 is 0 Å². The molecule has 4 rings (SSSR count). The summed E-state index contributed by atoms with van der Waals surface area (Å²) in [5.74, 6) is -2.15. The Hall–Kier alpha value is -4.78. The molecular weight excluding hydrogens is 511 g/mol. The number of rotatable bonds is 9. The highest BCUT2D eigenvalue weighted by atomic mass is 19.1. The van der Waals surface area contributed by atoms with Gasteiger partial charge in [0.05, 0.1) is 6.61 Å². The first-order valence-electron chi connectivity index (χ1n) is 12.7. The lowest BCUT2D eigenvalue weighted by molar-refractivity contribution is -0.138. The number of esters is 3. The minimum Gasteiger partial charge on any atom is -0.462 e. The summed E-state index contributed by atoms with van der Waals surface area (Å²) < 4.78 is 31.6. The third-order valence-electron chi connectivity index (χ3n) is 6.60. The summed E-state index contributed by atoms with van der Waals surface area (Å²) in [7, 11) is 0. The van der Waals surface area contributed by atoms with Crippen molar-refractivity contribution >= 4 is 17.9 Å². The summed E-state index contributed by atoms with van der Waals surface area (Å²) >= 11 is 0. The maximum atomic E-state index is 15.6. The largest absolute Gasteiger partial charge is 0.462 e. The molecule has 0 saturated carbocycles. The first kappa shape index (κ1) is 28.2. The van der Waals surface area contributed by atoms with E-state index in [4.69, 9.17) is 14.2 Å². The van der Waals surface area contributed by atoms with Crippen molar-refractivity contribution in [2.45, 2.75) is 32.6 Å². The SMILES string of the molecule is C=CC(=O)OCC1CCc2ccc(-c3ccc(-c4ccc(OC(=O)C(=C)C)cc4OC(=O)C(=C)C)c(F)c3)cc21. The fraction of sp³-hybridized carbons (Fsp3) is 0.182. The normalized spacial score (nSPS) is 13.6. The topological polar surface area (TPSA) is 78.9 Å². The van der Waals surface area contributed by atoms with Gasteiger partial charge in [-0.05, 0) is 67.1 Å². The van der Waals surface area contributed by atoms with Crippen molar-refractivity contribution < 1.29 is 33.0 Å². The Balaban J connectivity index is 1.66. The van der Waals surface area contributed by atoms with Crippen LogP contribution in [0.25, 0.3) is 22.3 Å². The average molecular weight is 541 g/mol. The van der Waals surface area contributed by atoms with Gasteiger partial charge < -0.3 is 14.2 Å². The highest BCUT2D eigenvalue weighted by Crippen LogP contribution is 2.39. The maximum absolute atomic E-state index is 15.6. The zero-order chi connectivity index (χ0) is 29.0. The molecule has 0 N–H and O–H groups in total. The van der Waals surface area contributed by atoms with Gasteiger partial charge in [0.2, 0.25) is 0 Å². The molecule has 3 aromatic rings. The van der Waals surface area contributed by atoms with Crippen molar-refractivity contribution in [1.82, 2.24) is 0 Å². The quantitative estimate of drug-likeness (QED) is 0.167. The van der Waals surface area contributed by atoms with E-state index in [-0.39, 0.29) is 40.7 Å². The monoisotopic (exact) mass is 540 g/mol. The van der Waals surface area contributed by atoms with E-state index in [1.165, 1.54) is 43.7 Å². The van der Waals surface area contributed by atoms with Crippen LogP contribution < -0.4 is 9.47 Å². The van der Waals surface area contributed by atoms with Crippen LogP contribution in [0.1, 0.15) is 37.3 Å². The van der Waals surface area contributed by atoms with Crippen LogP contribution in [0.4, 0.5) is 4.39 Å². The fourth-order valence-electron chi connectivity index (χ4n) is 4.45. The molecule has 0 aliphatic heterocycles. The van der Waals surface area contributed by atoms with E-state index in [1.807, 2.05) is 18.2 Å². The van der Waals surface area contributed by atoms with E-state index in [0.29, 0.717) is 11.1 Å². The molecule has 0 spiro atoms. The minimum absolute atomic E-state index is 0.0149. The average Bonchev–Trinajstić information content (AvgIpc) is 3.34. The van der Waals surface area contributed by atoms with Gasteiger partial charge in [-0.3, -0.25) is 0 Å². The van der Waals surface area contributed by atoms with Crippen LogP contribution in [-0.4, -0.2) is 24.5 Å². The second-order valence-electron chi connectivity index (χ2n) is 9.68. The highest BCUT2D eigenvalue weighted by molar-refractivity contribution is 5.91. The molecule has 0 bridgehead atoms. The number of ether oxygens (including phenoxy) is 3. The van der Waals surface area contributed by atoms with Crippen molar-refractivity contribution in [2.75, 3.05) is 6.61 Å². The number of hydrogen-bond acceptors (Lipinski definition) is 6. The molecule has 0 amide bonds. The highest BCUT2D eigenvalue weighted by Gasteiger charge is 2.24. The number of carbonyl (C=O) groups is 3. The zero-order valence-electron chi connectivity index (χ0n) is 22.4. The van der Waals surface area contributed by atoms with Crippen molar-refractivity contribution in [1.29, 1.82) is 0 Å². The predicted octanol–water partition coefficient (Wildman–Crippen LogP) is 6.88. The molecule has 1 aliphatic rings. The summed E-state index contributed by atoms with van der Waals surface area (Å²) in [5, 5.41) is 0. The summed E-state index contributed by atoms with van der Waals surface area (Å²) in [6, 6.07) is 15.1. The third kappa shape index (κ3) is 6.26. The van der Waals surface area contributed by atoms with Crippen molar-refractivity contribution in [3.8, 4) is 33.8 Å². The van der Waals surface area contributed by atoms with Gasteiger partial charge in [-0.25, -0.2) is 18.8 Å². The van der Waals surface area contributed by atoms with E-state index < -0.39 is 23.7 Å². The van der Waals surface area contributed by atoms with E-state index in [0.717, 1.165) is 30.0 Å².